The van der Waals surface area contributed by atoms with Crippen LogP contribution >= 0.6 is 0 Å². The normalized spacial score (nSPS) is 14.6. The second kappa shape index (κ2) is 11.3. The van der Waals surface area contributed by atoms with E-state index in [0.717, 1.165) is 66.9 Å². The van der Waals surface area contributed by atoms with Gasteiger partial charge in [-0.1, -0.05) is 130 Å². The van der Waals surface area contributed by atoms with Gasteiger partial charge < -0.3 is 18.6 Å². The molecule has 0 fully saturated rings. The fourth-order valence-electron chi connectivity index (χ4n) is 9.96. The largest absolute Gasteiger partial charge is 0.458 e. The number of para-hydroxylation sites is 3. The fourth-order valence-corrected chi connectivity index (χ4v) is 9.96. The maximum atomic E-state index is 7.31. The molecule has 0 N–H and O–H groups in total. The zero-order valence-electron chi connectivity index (χ0n) is 31.1. The van der Waals surface area contributed by atoms with Gasteiger partial charge >= 0.3 is 0 Å². The van der Waals surface area contributed by atoms with Crippen LogP contribution in [0.3, 0.4) is 0 Å². The molecule has 3 aliphatic rings. The number of allylic oxidation sites excluding steroid dienone is 4. The van der Waals surface area contributed by atoms with Crippen molar-refractivity contribution in [3.05, 3.63) is 175 Å². The molecule has 9 aromatic rings. The molecule has 0 saturated heterocycles. The summed E-state index contributed by atoms with van der Waals surface area (Å²) in [6.07, 6.45) is 9.90. The zero-order chi connectivity index (χ0) is 37.3. The number of hydrogen-bond acceptors (Lipinski definition) is 2. The van der Waals surface area contributed by atoms with Crippen LogP contribution < -0.4 is 25.9 Å². The molecule has 56 heavy (non-hydrogen) atoms. The summed E-state index contributed by atoms with van der Waals surface area (Å²) in [5.74, 6) is 3.45. The van der Waals surface area contributed by atoms with Gasteiger partial charge in [-0.3, -0.25) is 0 Å². The smallest absolute Gasteiger partial charge is 0.260 e. The molecule has 0 spiro atoms. The monoisotopic (exact) mass is 718 g/mol. The van der Waals surface area contributed by atoms with E-state index in [2.05, 4.69) is 175 Å². The zero-order valence-corrected chi connectivity index (χ0v) is 31.1. The molecule has 1 aliphatic carbocycles. The number of benzene rings is 7. The van der Waals surface area contributed by atoms with Crippen molar-refractivity contribution in [3.8, 4) is 39.8 Å². The second-order valence-electron chi connectivity index (χ2n) is 15.7. The average molecular weight is 719 g/mol. The van der Waals surface area contributed by atoms with Gasteiger partial charge in [0.1, 0.15) is 23.0 Å². The van der Waals surface area contributed by atoms with Crippen molar-refractivity contribution >= 4 is 72.9 Å². The third kappa shape index (κ3) is 4.09. The first-order chi connectivity index (χ1) is 27.5. The van der Waals surface area contributed by atoms with Gasteiger partial charge in [-0.15, -0.1) is 0 Å². The van der Waals surface area contributed by atoms with Crippen molar-refractivity contribution < 1.29 is 9.47 Å². The molecule has 2 aromatic heterocycles. The highest BCUT2D eigenvalue weighted by Gasteiger charge is 2.45. The van der Waals surface area contributed by atoms with Gasteiger partial charge in [-0.25, -0.2) is 0 Å². The van der Waals surface area contributed by atoms with E-state index in [1.807, 2.05) is 12.2 Å². The SMILES string of the molecule is C=C/C=C\C=C/n1c2ccccc2c2c3c4c(cc21)Oc1cc2c(cc1B4c1cc4c(cc1O3)C(C)(C)c1ccccc1-4)c1ccccc1n2-c1ccccc1. The number of aromatic nitrogens is 2. The molecule has 2 aliphatic heterocycles. The molecule has 5 heteroatoms. The van der Waals surface area contributed by atoms with E-state index in [9.17, 15) is 0 Å². The van der Waals surface area contributed by atoms with Crippen molar-refractivity contribution in [1.29, 1.82) is 0 Å². The van der Waals surface area contributed by atoms with Crippen LogP contribution in [0.15, 0.2) is 164 Å². The molecule has 4 nitrogen and oxygen atoms in total. The average Bonchev–Trinajstić information content (AvgIpc) is 3.80. The summed E-state index contributed by atoms with van der Waals surface area (Å²) >= 11 is 0. The van der Waals surface area contributed by atoms with Crippen LogP contribution in [0, 0.1) is 0 Å². The highest BCUT2D eigenvalue weighted by molar-refractivity contribution is 6.98. The Hall–Kier alpha value is -6.98. The van der Waals surface area contributed by atoms with E-state index < -0.39 is 0 Å². The minimum absolute atomic E-state index is 0.116. The van der Waals surface area contributed by atoms with E-state index in [-0.39, 0.29) is 12.1 Å². The minimum Gasteiger partial charge on any atom is -0.458 e. The van der Waals surface area contributed by atoms with Gasteiger partial charge in [-0.2, -0.15) is 0 Å². The summed E-state index contributed by atoms with van der Waals surface area (Å²) in [5.41, 5.74) is 14.0. The van der Waals surface area contributed by atoms with Crippen LogP contribution in [-0.4, -0.2) is 15.8 Å². The molecule has 4 heterocycles. The van der Waals surface area contributed by atoms with Crippen LogP contribution in [0.1, 0.15) is 25.0 Å². The first-order valence-electron chi connectivity index (χ1n) is 19.3. The Balaban J connectivity index is 1.19. The molecule has 0 bridgehead atoms. The predicted octanol–water partition coefficient (Wildman–Crippen LogP) is 11.1. The van der Waals surface area contributed by atoms with E-state index in [1.165, 1.54) is 44.0 Å². The lowest BCUT2D eigenvalue weighted by molar-refractivity contribution is 0.468. The van der Waals surface area contributed by atoms with Crippen molar-refractivity contribution in [2.75, 3.05) is 0 Å². The maximum Gasteiger partial charge on any atom is 0.260 e. The van der Waals surface area contributed by atoms with E-state index in [0.29, 0.717) is 0 Å². The lowest BCUT2D eigenvalue weighted by Crippen LogP contribution is -2.57. The standard InChI is InChI=1S/C51H35BN2O2/c1-4-5-6-16-25-53-41-23-14-12-21-34(41)48-44(53)30-47-49-50(48)56-45-28-38-35(32-19-10-13-22-37(32)51(38,2)3)26-39(45)52(49)40-27-36-33-20-11-15-24-42(33)54(31-17-8-7-9-18-31)43(36)29-46(40)55-47/h4-30H,1H2,2-3H3/b6-5-,25-16-. The maximum absolute atomic E-state index is 7.31. The van der Waals surface area contributed by atoms with Gasteiger partial charge in [0.05, 0.1) is 27.5 Å². The second-order valence-corrected chi connectivity index (χ2v) is 15.7. The van der Waals surface area contributed by atoms with Crippen LogP contribution in [0.5, 0.6) is 23.0 Å². The van der Waals surface area contributed by atoms with Crippen LogP contribution in [0.25, 0.3) is 66.6 Å². The molecule has 0 radical (unpaired) electrons. The molecule has 0 saturated carbocycles. The van der Waals surface area contributed by atoms with Gasteiger partial charge in [0.25, 0.3) is 6.71 Å². The van der Waals surface area contributed by atoms with Crippen molar-refractivity contribution in [3.63, 3.8) is 0 Å². The van der Waals surface area contributed by atoms with Crippen molar-refractivity contribution in [2.24, 2.45) is 0 Å². The Morgan fingerprint density at radius 3 is 2.14 bits per heavy atom. The topological polar surface area (TPSA) is 28.3 Å². The van der Waals surface area contributed by atoms with E-state index in [4.69, 9.17) is 9.47 Å². The Labute approximate surface area is 324 Å². The van der Waals surface area contributed by atoms with Crippen LogP contribution in [0.4, 0.5) is 0 Å². The first-order valence-corrected chi connectivity index (χ1v) is 19.3. The molecule has 0 unspecified atom stereocenters. The molecule has 7 aromatic carbocycles. The molecular formula is C51H35BN2O2. The van der Waals surface area contributed by atoms with Gasteiger partial charge in [0, 0.05) is 51.1 Å². The summed E-state index contributed by atoms with van der Waals surface area (Å²) in [6.45, 7) is 8.40. The van der Waals surface area contributed by atoms with Gasteiger partial charge in [0.15, 0.2) is 0 Å². The summed E-state index contributed by atoms with van der Waals surface area (Å²) < 4.78 is 19.1. The predicted molar refractivity (Wildman–Crippen MR) is 234 cm³/mol. The number of ether oxygens (including phenoxy) is 2. The summed E-state index contributed by atoms with van der Waals surface area (Å²) in [5, 5.41) is 4.64. The molecule has 0 amide bonds. The Bertz CT molecular complexity index is 3250. The minimum atomic E-state index is -0.166. The number of nitrogens with zero attached hydrogens (tertiary/aromatic N) is 2. The molecule has 264 valence electrons. The van der Waals surface area contributed by atoms with Gasteiger partial charge in [0.2, 0.25) is 0 Å². The van der Waals surface area contributed by atoms with Crippen molar-refractivity contribution in [2.45, 2.75) is 19.3 Å². The molecule has 12 rings (SSSR count). The Kier molecular flexibility index (Phi) is 6.32. The highest BCUT2D eigenvalue weighted by atomic mass is 16.5. The lowest BCUT2D eigenvalue weighted by Gasteiger charge is -2.34. The van der Waals surface area contributed by atoms with Crippen LogP contribution in [-0.2, 0) is 5.41 Å². The quantitative estimate of drug-likeness (QED) is 0.134. The lowest BCUT2D eigenvalue weighted by atomic mass is 9.34. The van der Waals surface area contributed by atoms with E-state index >= 15 is 0 Å². The fraction of sp³-hybridized carbons (Fsp3) is 0.0588. The summed E-state index contributed by atoms with van der Waals surface area (Å²) in [6, 6.07) is 48.5. The Morgan fingerprint density at radius 1 is 0.571 bits per heavy atom. The third-order valence-electron chi connectivity index (χ3n) is 12.4. The van der Waals surface area contributed by atoms with E-state index in [1.54, 1.807) is 6.08 Å². The van der Waals surface area contributed by atoms with Crippen molar-refractivity contribution in [1.82, 2.24) is 9.13 Å². The van der Waals surface area contributed by atoms with Crippen LogP contribution in [0.2, 0.25) is 0 Å². The number of fused-ring (bicyclic) bond motifs is 14. The van der Waals surface area contributed by atoms with Gasteiger partial charge in [-0.05, 0) is 69.6 Å². The Morgan fingerprint density at radius 2 is 1.29 bits per heavy atom. The first kappa shape index (κ1) is 31.4. The molecular weight excluding hydrogens is 683 g/mol. The highest BCUT2D eigenvalue weighted by Crippen LogP contribution is 2.51. The number of hydrogen-bond donors (Lipinski definition) is 0. The third-order valence-corrected chi connectivity index (χ3v) is 12.4. The summed E-state index contributed by atoms with van der Waals surface area (Å²) in [7, 11) is 0. The molecule has 0 atom stereocenters. The summed E-state index contributed by atoms with van der Waals surface area (Å²) in [4.78, 5) is 0. The number of rotatable bonds is 4.